The van der Waals surface area contributed by atoms with Crippen molar-refractivity contribution in [2.45, 2.75) is 110 Å². The highest BCUT2D eigenvalue weighted by Crippen LogP contribution is 2.42. The molecule has 1 aliphatic carbocycles. The fourth-order valence-electron chi connectivity index (χ4n) is 5.15. The fourth-order valence-corrected chi connectivity index (χ4v) is 5.15. The van der Waals surface area contributed by atoms with E-state index < -0.39 is 41.1 Å². The number of hydrogen-bond donors (Lipinski definition) is 1. The van der Waals surface area contributed by atoms with E-state index in [9.17, 15) is 23.9 Å². The van der Waals surface area contributed by atoms with E-state index in [-0.39, 0.29) is 44.6 Å². The van der Waals surface area contributed by atoms with Gasteiger partial charge in [0.25, 0.3) is 0 Å². The van der Waals surface area contributed by atoms with Gasteiger partial charge >= 0.3 is 18.0 Å². The Morgan fingerprint density at radius 3 is 2.11 bits per heavy atom. The topological polar surface area (TPSA) is 93.1 Å². The van der Waals surface area contributed by atoms with Crippen molar-refractivity contribution < 1.29 is 37.7 Å². The highest BCUT2D eigenvalue weighted by Gasteiger charge is 2.54. The van der Waals surface area contributed by atoms with Crippen LogP contribution in [0.4, 0.5) is 13.6 Å². The third kappa shape index (κ3) is 8.14. The number of ether oxygens (including phenoxy) is 2. The number of aryl methyl sites for hydroxylation is 1. The van der Waals surface area contributed by atoms with Crippen LogP contribution in [0.3, 0.4) is 0 Å². The molecule has 9 heteroatoms. The lowest BCUT2D eigenvalue weighted by Crippen LogP contribution is -2.43. The Morgan fingerprint density at radius 2 is 1.50 bits per heavy atom. The molecule has 0 aliphatic heterocycles. The van der Waals surface area contributed by atoms with Crippen LogP contribution in [-0.2, 0) is 32.0 Å². The molecule has 2 unspecified atom stereocenters. The second kappa shape index (κ2) is 15.6. The maximum atomic E-state index is 15.1. The van der Waals surface area contributed by atoms with E-state index in [4.69, 9.17) is 9.47 Å². The molecule has 0 aromatic heterocycles. The van der Waals surface area contributed by atoms with Gasteiger partial charge in [0.15, 0.2) is 17.0 Å². The van der Waals surface area contributed by atoms with Crippen LogP contribution in [0, 0.1) is 17.0 Å². The van der Waals surface area contributed by atoms with Crippen LogP contribution < -0.4 is 0 Å². The summed E-state index contributed by atoms with van der Waals surface area (Å²) in [5.74, 6) is -4.14. The van der Waals surface area contributed by atoms with Crippen LogP contribution in [-0.4, -0.2) is 47.3 Å². The van der Waals surface area contributed by atoms with Gasteiger partial charge in [0, 0.05) is 11.6 Å². The van der Waals surface area contributed by atoms with Crippen LogP contribution in [0.5, 0.6) is 0 Å². The molecule has 1 N–H and O–H groups in total. The summed E-state index contributed by atoms with van der Waals surface area (Å²) < 4.78 is 40.1. The molecule has 2 rings (SSSR count). The van der Waals surface area contributed by atoms with Gasteiger partial charge in [-0.2, -0.15) is 0 Å². The SMILES string of the molecule is CCCCCCCCCCc1ccc(CN(C(=O)OCC)C2CCC(C(=O)O)(C(=O)OCC)C2)c(F)c1F. The van der Waals surface area contributed by atoms with Crippen molar-refractivity contribution in [1.82, 2.24) is 4.90 Å². The quantitative estimate of drug-likeness (QED) is 0.141. The Bertz CT molecular complexity index is 940. The fraction of sp³-hybridized carbons (Fsp3) is 0.690. The number of unbranched alkanes of at least 4 members (excludes halogenated alkanes) is 7. The molecule has 1 aliphatic rings. The summed E-state index contributed by atoms with van der Waals surface area (Å²) in [6.45, 7) is 5.15. The van der Waals surface area contributed by atoms with E-state index in [1.807, 2.05) is 0 Å². The Balaban J connectivity index is 2.10. The van der Waals surface area contributed by atoms with Gasteiger partial charge in [0.1, 0.15) is 0 Å². The molecule has 1 aromatic rings. The number of hydrogen-bond acceptors (Lipinski definition) is 5. The number of nitrogens with zero attached hydrogens (tertiary/aromatic N) is 1. The summed E-state index contributed by atoms with van der Waals surface area (Å²) in [6, 6.07) is 2.30. The summed E-state index contributed by atoms with van der Waals surface area (Å²) in [7, 11) is 0. The van der Waals surface area contributed by atoms with E-state index in [0.717, 1.165) is 25.7 Å². The minimum absolute atomic E-state index is 0.0237. The lowest BCUT2D eigenvalue weighted by molar-refractivity contribution is -0.168. The second-order valence-electron chi connectivity index (χ2n) is 10.1. The molecule has 214 valence electrons. The molecule has 0 spiro atoms. The van der Waals surface area contributed by atoms with Crippen LogP contribution in [0.1, 0.15) is 103 Å². The van der Waals surface area contributed by atoms with Crippen molar-refractivity contribution in [2.24, 2.45) is 5.41 Å². The zero-order valence-electron chi connectivity index (χ0n) is 23.0. The van der Waals surface area contributed by atoms with Gasteiger partial charge in [-0.25, -0.2) is 13.6 Å². The van der Waals surface area contributed by atoms with Gasteiger partial charge in [-0.05, 0) is 51.5 Å². The first-order valence-corrected chi connectivity index (χ1v) is 14.0. The largest absolute Gasteiger partial charge is 0.480 e. The van der Waals surface area contributed by atoms with Gasteiger partial charge in [-0.1, -0.05) is 64.0 Å². The van der Waals surface area contributed by atoms with Crippen molar-refractivity contribution in [3.8, 4) is 0 Å². The van der Waals surface area contributed by atoms with Crippen LogP contribution in [0.25, 0.3) is 0 Å². The molecule has 1 fully saturated rings. The molecule has 7 nitrogen and oxygen atoms in total. The average Bonchev–Trinajstić information content (AvgIpc) is 3.34. The smallest absolute Gasteiger partial charge is 0.410 e. The van der Waals surface area contributed by atoms with Crippen molar-refractivity contribution in [3.05, 3.63) is 34.9 Å². The first-order chi connectivity index (χ1) is 18.2. The summed E-state index contributed by atoms with van der Waals surface area (Å²) in [5.41, 5.74) is -1.53. The molecule has 0 bridgehead atoms. The van der Waals surface area contributed by atoms with E-state index >= 15 is 4.39 Å². The van der Waals surface area contributed by atoms with Gasteiger partial charge < -0.3 is 19.5 Å². The first kappa shape index (κ1) is 31.5. The summed E-state index contributed by atoms with van der Waals surface area (Å²) in [5, 5.41) is 9.81. The van der Waals surface area contributed by atoms with Crippen molar-refractivity contribution in [1.29, 1.82) is 0 Å². The maximum absolute atomic E-state index is 15.1. The molecule has 2 atom stereocenters. The maximum Gasteiger partial charge on any atom is 0.410 e. The Labute approximate surface area is 224 Å². The number of carboxylic acid groups (broad SMARTS) is 1. The molecule has 0 saturated heterocycles. The number of rotatable bonds is 16. The summed E-state index contributed by atoms with van der Waals surface area (Å²) in [6.07, 6.45) is 8.47. The minimum Gasteiger partial charge on any atom is -0.480 e. The van der Waals surface area contributed by atoms with E-state index in [1.54, 1.807) is 19.9 Å². The molecule has 1 saturated carbocycles. The predicted molar refractivity (Wildman–Crippen MR) is 140 cm³/mol. The van der Waals surface area contributed by atoms with Gasteiger partial charge in [-0.3, -0.25) is 9.59 Å². The molecule has 1 amide bonds. The number of benzene rings is 1. The molecule has 0 heterocycles. The molecule has 0 radical (unpaired) electrons. The van der Waals surface area contributed by atoms with E-state index in [1.165, 1.54) is 36.6 Å². The number of carbonyl (C=O) groups is 3. The van der Waals surface area contributed by atoms with E-state index in [0.29, 0.717) is 12.0 Å². The Morgan fingerprint density at radius 1 is 0.921 bits per heavy atom. The first-order valence-electron chi connectivity index (χ1n) is 14.0. The highest BCUT2D eigenvalue weighted by molar-refractivity contribution is 5.99. The average molecular weight is 540 g/mol. The van der Waals surface area contributed by atoms with Crippen LogP contribution in [0.15, 0.2) is 12.1 Å². The molecular formula is C29H43F2NO6. The number of halogens is 2. The van der Waals surface area contributed by atoms with Gasteiger partial charge in [0.2, 0.25) is 0 Å². The summed E-state index contributed by atoms with van der Waals surface area (Å²) >= 11 is 0. The van der Waals surface area contributed by atoms with Crippen molar-refractivity contribution in [2.75, 3.05) is 13.2 Å². The minimum atomic E-state index is -1.80. The molecule has 1 aromatic carbocycles. The lowest BCUT2D eigenvalue weighted by Gasteiger charge is -2.30. The van der Waals surface area contributed by atoms with Crippen LogP contribution >= 0.6 is 0 Å². The highest BCUT2D eigenvalue weighted by atomic mass is 19.2. The second-order valence-corrected chi connectivity index (χ2v) is 10.1. The zero-order chi connectivity index (χ0) is 28.1. The monoisotopic (exact) mass is 539 g/mol. The zero-order valence-corrected chi connectivity index (χ0v) is 23.0. The molecular weight excluding hydrogens is 496 g/mol. The normalized spacial score (nSPS) is 18.8. The van der Waals surface area contributed by atoms with Gasteiger partial charge in [-0.15, -0.1) is 0 Å². The Hall–Kier alpha value is -2.71. The Kier molecular flexibility index (Phi) is 13.0. The van der Waals surface area contributed by atoms with Crippen LogP contribution in [0.2, 0.25) is 0 Å². The lowest BCUT2D eigenvalue weighted by atomic mass is 9.86. The standard InChI is InChI=1S/C29H43F2NO6/c1-4-7-8-9-10-11-12-13-14-21-15-16-22(25(31)24(21)30)20-32(28(36)38-6-3)23-17-18-29(19-23,26(33)34)27(35)37-5-2/h15-16,23H,4-14,17-20H2,1-3H3,(H,33,34). The number of amides is 1. The number of carboxylic acids is 1. The van der Waals surface area contributed by atoms with Crippen molar-refractivity contribution in [3.63, 3.8) is 0 Å². The summed E-state index contributed by atoms with van der Waals surface area (Å²) in [4.78, 5) is 38.5. The third-order valence-electron chi connectivity index (χ3n) is 7.39. The van der Waals surface area contributed by atoms with Gasteiger partial charge in [0.05, 0.1) is 19.8 Å². The number of aliphatic carboxylic acids is 1. The third-order valence-corrected chi connectivity index (χ3v) is 7.39. The number of carbonyl (C=O) groups excluding carboxylic acids is 2. The molecule has 38 heavy (non-hydrogen) atoms. The van der Waals surface area contributed by atoms with E-state index in [2.05, 4.69) is 6.92 Å². The number of esters is 1. The van der Waals surface area contributed by atoms with Crippen molar-refractivity contribution >= 4 is 18.0 Å². The predicted octanol–water partition coefficient (Wildman–Crippen LogP) is 6.79.